The van der Waals surface area contributed by atoms with Crippen LogP contribution in [0.5, 0.6) is 11.5 Å². The molecule has 0 aliphatic carbocycles. The van der Waals surface area contributed by atoms with Crippen molar-refractivity contribution in [3.63, 3.8) is 0 Å². The van der Waals surface area contributed by atoms with Crippen molar-refractivity contribution in [2.45, 2.75) is 20.4 Å². The van der Waals surface area contributed by atoms with Crippen LogP contribution in [0.15, 0.2) is 54.6 Å². The van der Waals surface area contributed by atoms with Gasteiger partial charge in [-0.3, -0.25) is 0 Å². The zero-order chi connectivity index (χ0) is 19.9. The van der Waals surface area contributed by atoms with Crippen molar-refractivity contribution in [2.24, 2.45) is 0 Å². The second-order valence-electron chi connectivity index (χ2n) is 6.39. The van der Waals surface area contributed by atoms with Crippen LogP contribution in [0.25, 0.3) is 0 Å². The first kappa shape index (κ1) is 19.5. The molecule has 0 fully saturated rings. The maximum absolute atomic E-state index is 5.37. The van der Waals surface area contributed by atoms with Crippen LogP contribution in [0.3, 0.4) is 0 Å². The van der Waals surface area contributed by atoms with Gasteiger partial charge in [0.2, 0.25) is 5.95 Å². The summed E-state index contributed by atoms with van der Waals surface area (Å²) < 4.78 is 10.7. The summed E-state index contributed by atoms with van der Waals surface area (Å²) in [5.41, 5.74) is 2.98. The van der Waals surface area contributed by atoms with E-state index in [4.69, 9.17) is 14.5 Å². The Balaban J connectivity index is 1.84. The van der Waals surface area contributed by atoms with Gasteiger partial charge in [-0.2, -0.15) is 4.98 Å². The quantitative estimate of drug-likeness (QED) is 0.619. The Bertz CT molecular complexity index is 916. The second kappa shape index (κ2) is 9.08. The van der Waals surface area contributed by atoms with Gasteiger partial charge in [-0.1, -0.05) is 30.3 Å². The molecule has 1 aromatic heterocycles. The molecule has 0 radical (unpaired) electrons. The number of benzene rings is 2. The van der Waals surface area contributed by atoms with E-state index in [2.05, 4.69) is 46.4 Å². The SMILES string of the molecule is CCN(Cc1ccccc1)c1cc(C)nc(Nc2ccc(OC)c(OC)c2)n1. The lowest BCUT2D eigenvalue weighted by Crippen LogP contribution is -2.23. The topological polar surface area (TPSA) is 59.5 Å². The maximum Gasteiger partial charge on any atom is 0.229 e. The molecule has 6 heteroatoms. The van der Waals surface area contributed by atoms with Crippen LogP contribution in [-0.4, -0.2) is 30.7 Å². The Morgan fingerprint density at radius 1 is 0.929 bits per heavy atom. The smallest absolute Gasteiger partial charge is 0.229 e. The van der Waals surface area contributed by atoms with E-state index < -0.39 is 0 Å². The molecule has 0 unspecified atom stereocenters. The monoisotopic (exact) mass is 378 g/mol. The number of anilines is 3. The normalized spacial score (nSPS) is 10.4. The van der Waals surface area contributed by atoms with Gasteiger partial charge in [-0.25, -0.2) is 4.98 Å². The minimum Gasteiger partial charge on any atom is -0.493 e. The molecule has 146 valence electrons. The van der Waals surface area contributed by atoms with Crippen molar-refractivity contribution in [1.82, 2.24) is 9.97 Å². The van der Waals surface area contributed by atoms with E-state index in [-0.39, 0.29) is 0 Å². The molecule has 1 heterocycles. The summed E-state index contributed by atoms with van der Waals surface area (Å²) in [7, 11) is 3.23. The number of nitrogens with one attached hydrogen (secondary N) is 1. The number of hydrogen-bond donors (Lipinski definition) is 1. The van der Waals surface area contributed by atoms with Crippen LogP contribution in [0.1, 0.15) is 18.2 Å². The van der Waals surface area contributed by atoms with E-state index in [9.17, 15) is 0 Å². The molecular weight excluding hydrogens is 352 g/mol. The molecule has 28 heavy (non-hydrogen) atoms. The fourth-order valence-electron chi connectivity index (χ4n) is 2.97. The summed E-state index contributed by atoms with van der Waals surface area (Å²) in [6, 6.07) is 18.0. The molecular formula is C22H26N4O2. The zero-order valence-electron chi connectivity index (χ0n) is 16.8. The van der Waals surface area contributed by atoms with Crippen molar-refractivity contribution >= 4 is 17.5 Å². The van der Waals surface area contributed by atoms with Crippen LogP contribution in [0.2, 0.25) is 0 Å². The number of nitrogens with zero attached hydrogens (tertiary/aromatic N) is 3. The first-order valence-electron chi connectivity index (χ1n) is 9.26. The average molecular weight is 378 g/mol. The predicted octanol–water partition coefficient (Wildman–Crippen LogP) is 4.57. The lowest BCUT2D eigenvalue weighted by molar-refractivity contribution is 0.355. The number of rotatable bonds is 8. The average Bonchev–Trinajstić information content (AvgIpc) is 2.72. The lowest BCUT2D eigenvalue weighted by Gasteiger charge is -2.23. The highest BCUT2D eigenvalue weighted by atomic mass is 16.5. The van der Waals surface area contributed by atoms with Crippen LogP contribution in [0.4, 0.5) is 17.5 Å². The van der Waals surface area contributed by atoms with Gasteiger partial charge in [0, 0.05) is 36.6 Å². The van der Waals surface area contributed by atoms with Gasteiger partial charge in [0.15, 0.2) is 11.5 Å². The number of hydrogen-bond acceptors (Lipinski definition) is 6. The van der Waals surface area contributed by atoms with Gasteiger partial charge < -0.3 is 19.7 Å². The van der Waals surface area contributed by atoms with Gasteiger partial charge in [0.25, 0.3) is 0 Å². The molecule has 0 spiro atoms. The number of aromatic nitrogens is 2. The maximum atomic E-state index is 5.37. The molecule has 0 bridgehead atoms. The van der Waals surface area contributed by atoms with Crippen molar-refractivity contribution in [3.8, 4) is 11.5 Å². The Labute approximate surface area is 166 Å². The molecule has 3 rings (SSSR count). The highest BCUT2D eigenvalue weighted by Crippen LogP contribution is 2.31. The number of ether oxygens (including phenoxy) is 2. The summed E-state index contributed by atoms with van der Waals surface area (Å²) in [6.45, 7) is 5.74. The van der Waals surface area contributed by atoms with E-state index in [1.54, 1.807) is 14.2 Å². The molecule has 1 N–H and O–H groups in total. The molecule has 0 saturated heterocycles. The van der Waals surface area contributed by atoms with Crippen molar-refractivity contribution < 1.29 is 9.47 Å². The molecule has 0 aliphatic heterocycles. The molecule has 3 aromatic rings. The molecule has 6 nitrogen and oxygen atoms in total. The molecule has 0 aliphatic rings. The summed E-state index contributed by atoms with van der Waals surface area (Å²) in [5, 5.41) is 3.27. The molecule has 0 saturated carbocycles. The molecule has 0 amide bonds. The van der Waals surface area contributed by atoms with Crippen molar-refractivity contribution in [3.05, 3.63) is 65.9 Å². The Kier molecular flexibility index (Phi) is 6.32. The van der Waals surface area contributed by atoms with Crippen LogP contribution in [-0.2, 0) is 6.54 Å². The van der Waals surface area contributed by atoms with E-state index in [1.165, 1.54) is 5.56 Å². The summed E-state index contributed by atoms with van der Waals surface area (Å²) in [5.74, 6) is 2.77. The third-order valence-electron chi connectivity index (χ3n) is 4.40. The number of aryl methyl sites for hydroxylation is 1. The predicted molar refractivity (Wildman–Crippen MR) is 113 cm³/mol. The lowest BCUT2D eigenvalue weighted by atomic mass is 10.2. The van der Waals surface area contributed by atoms with Gasteiger partial charge in [-0.15, -0.1) is 0 Å². The van der Waals surface area contributed by atoms with Crippen LogP contribution < -0.4 is 19.7 Å². The summed E-state index contributed by atoms with van der Waals surface area (Å²) >= 11 is 0. The summed E-state index contributed by atoms with van der Waals surface area (Å²) in [6.07, 6.45) is 0. The van der Waals surface area contributed by atoms with Gasteiger partial charge in [0.05, 0.1) is 14.2 Å². The van der Waals surface area contributed by atoms with E-state index >= 15 is 0 Å². The largest absolute Gasteiger partial charge is 0.493 e. The van der Waals surface area contributed by atoms with Gasteiger partial charge in [-0.05, 0) is 31.5 Å². The Hall–Kier alpha value is -3.28. The fourth-order valence-corrected chi connectivity index (χ4v) is 2.97. The Morgan fingerprint density at radius 2 is 1.68 bits per heavy atom. The van der Waals surface area contributed by atoms with Crippen LogP contribution in [0, 0.1) is 6.92 Å². The van der Waals surface area contributed by atoms with Gasteiger partial charge >= 0.3 is 0 Å². The van der Waals surface area contributed by atoms with Gasteiger partial charge in [0.1, 0.15) is 5.82 Å². The first-order valence-corrected chi connectivity index (χ1v) is 9.26. The van der Waals surface area contributed by atoms with Crippen LogP contribution >= 0.6 is 0 Å². The third kappa shape index (κ3) is 4.71. The highest BCUT2D eigenvalue weighted by molar-refractivity contribution is 5.61. The standard InChI is InChI=1S/C22H26N4O2/c1-5-26(15-17-9-7-6-8-10-17)21-13-16(2)23-22(25-21)24-18-11-12-19(27-3)20(14-18)28-4/h6-14H,5,15H2,1-4H3,(H,23,24,25). The van der Waals surface area contributed by atoms with Crippen molar-refractivity contribution in [1.29, 1.82) is 0 Å². The van der Waals surface area contributed by atoms with E-state index in [0.29, 0.717) is 17.4 Å². The van der Waals surface area contributed by atoms with E-state index in [0.717, 1.165) is 30.3 Å². The van der Waals surface area contributed by atoms with Crippen molar-refractivity contribution in [2.75, 3.05) is 31.0 Å². The fraction of sp³-hybridized carbons (Fsp3) is 0.273. The zero-order valence-corrected chi connectivity index (χ0v) is 16.8. The molecule has 0 atom stereocenters. The minimum atomic E-state index is 0.550. The highest BCUT2D eigenvalue weighted by Gasteiger charge is 2.11. The minimum absolute atomic E-state index is 0.550. The second-order valence-corrected chi connectivity index (χ2v) is 6.39. The third-order valence-corrected chi connectivity index (χ3v) is 4.40. The molecule has 2 aromatic carbocycles. The Morgan fingerprint density at radius 3 is 2.36 bits per heavy atom. The first-order chi connectivity index (χ1) is 13.6. The summed E-state index contributed by atoms with van der Waals surface area (Å²) in [4.78, 5) is 11.5. The van der Waals surface area contributed by atoms with E-state index in [1.807, 2.05) is 37.3 Å². The number of methoxy groups -OCH3 is 2.